The van der Waals surface area contributed by atoms with Crippen molar-refractivity contribution in [2.75, 3.05) is 0 Å². The van der Waals surface area contributed by atoms with Crippen molar-refractivity contribution in [3.8, 4) is 44.5 Å². The van der Waals surface area contributed by atoms with Crippen LogP contribution in [0.3, 0.4) is 0 Å². The van der Waals surface area contributed by atoms with Crippen LogP contribution in [-0.2, 0) is 0 Å². The Morgan fingerprint density at radius 1 is 0.241 bits per heavy atom. The van der Waals surface area contributed by atoms with Crippen LogP contribution in [0.25, 0.3) is 99.7 Å². The molecule has 0 heterocycles. The van der Waals surface area contributed by atoms with Gasteiger partial charge in [-0.2, -0.15) is 0 Å². The summed E-state index contributed by atoms with van der Waals surface area (Å²) < 4.78 is 0. The van der Waals surface area contributed by atoms with Crippen molar-refractivity contribution in [3.05, 3.63) is 217 Å². The summed E-state index contributed by atoms with van der Waals surface area (Å²) in [6.45, 7) is 0. The van der Waals surface area contributed by atoms with Gasteiger partial charge in [-0.1, -0.05) is 218 Å². The fourth-order valence-electron chi connectivity index (χ4n) is 8.32. The highest BCUT2D eigenvalue weighted by Crippen LogP contribution is 2.44. The summed E-state index contributed by atoms with van der Waals surface area (Å²) in [6, 6.07) is 75.0. The predicted molar refractivity (Wildman–Crippen MR) is 234 cm³/mol. The van der Waals surface area contributed by atoms with Crippen molar-refractivity contribution in [1.29, 1.82) is 0 Å². The molecule has 0 aliphatic carbocycles. The first-order valence-corrected chi connectivity index (χ1v) is 18.7. The minimum atomic E-state index is 1.17. The van der Waals surface area contributed by atoms with Gasteiger partial charge in [-0.25, -0.2) is 0 Å². The third-order valence-electron chi connectivity index (χ3n) is 10.9. The molecule has 0 fully saturated rings. The van der Waals surface area contributed by atoms with Crippen molar-refractivity contribution in [3.63, 3.8) is 0 Å². The third kappa shape index (κ3) is 5.57. The Bertz CT molecular complexity index is 2940. The molecule has 252 valence electrons. The molecule has 0 amide bonds. The second-order valence-electron chi connectivity index (χ2n) is 14.0. The number of hydrogen-bond donors (Lipinski definition) is 0. The molecule has 0 spiro atoms. The van der Waals surface area contributed by atoms with Gasteiger partial charge in [0, 0.05) is 0 Å². The van der Waals surface area contributed by atoms with E-state index in [-0.39, 0.29) is 0 Å². The third-order valence-corrected chi connectivity index (χ3v) is 10.9. The first-order valence-electron chi connectivity index (χ1n) is 18.7. The Morgan fingerprint density at radius 2 is 0.685 bits per heavy atom. The van der Waals surface area contributed by atoms with E-state index in [4.69, 9.17) is 0 Å². The smallest absolute Gasteiger partial charge is 0.00264 e. The molecule has 0 radical (unpaired) electrons. The molecule has 0 saturated heterocycles. The predicted octanol–water partition coefficient (Wildman–Crippen LogP) is 15.1. The van der Waals surface area contributed by atoms with Gasteiger partial charge in [0.2, 0.25) is 0 Å². The van der Waals surface area contributed by atoms with E-state index in [2.05, 4.69) is 218 Å². The lowest BCUT2D eigenvalue weighted by atomic mass is 9.85. The molecule has 0 N–H and O–H groups in total. The van der Waals surface area contributed by atoms with E-state index in [1.807, 2.05) is 0 Å². The Balaban J connectivity index is 1.02. The van der Waals surface area contributed by atoms with Crippen LogP contribution in [0.2, 0.25) is 0 Å². The van der Waals surface area contributed by atoms with Crippen molar-refractivity contribution in [2.45, 2.75) is 0 Å². The van der Waals surface area contributed by atoms with Crippen LogP contribution in [0.5, 0.6) is 0 Å². The molecule has 0 unspecified atom stereocenters. The van der Waals surface area contributed by atoms with Crippen LogP contribution in [-0.4, -0.2) is 0 Å². The summed E-state index contributed by atoms with van der Waals surface area (Å²) in [6.07, 6.45) is 4.49. The summed E-state index contributed by atoms with van der Waals surface area (Å²) in [5, 5.41) is 10.1. The molecule has 0 atom stereocenters. The maximum atomic E-state index is 2.28. The summed E-state index contributed by atoms with van der Waals surface area (Å²) in [5.41, 5.74) is 12.4. The molecule has 0 heteroatoms. The maximum absolute atomic E-state index is 2.28. The molecule has 0 saturated carbocycles. The summed E-state index contributed by atoms with van der Waals surface area (Å²) >= 11 is 0. The van der Waals surface area contributed by atoms with Gasteiger partial charge in [-0.05, 0) is 98.7 Å². The average Bonchev–Trinajstić information content (AvgIpc) is 3.25. The second-order valence-corrected chi connectivity index (χ2v) is 14.0. The van der Waals surface area contributed by atoms with Crippen LogP contribution in [0, 0.1) is 0 Å². The van der Waals surface area contributed by atoms with Gasteiger partial charge in [0.25, 0.3) is 0 Å². The molecule has 54 heavy (non-hydrogen) atoms. The lowest BCUT2D eigenvalue weighted by Gasteiger charge is -2.18. The van der Waals surface area contributed by atoms with E-state index in [1.54, 1.807) is 0 Å². The van der Waals surface area contributed by atoms with E-state index in [0.29, 0.717) is 0 Å². The van der Waals surface area contributed by atoms with Crippen LogP contribution in [0.15, 0.2) is 206 Å². The van der Waals surface area contributed by atoms with Crippen molar-refractivity contribution in [1.82, 2.24) is 0 Å². The zero-order chi connectivity index (χ0) is 35.8. The van der Waals surface area contributed by atoms with E-state index in [1.165, 1.54) is 98.7 Å². The van der Waals surface area contributed by atoms with Gasteiger partial charge in [0.05, 0.1) is 0 Å². The highest BCUT2D eigenvalue weighted by molar-refractivity contribution is 6.21. The summed E-state index contributed by atoms with van der Waals surface area (Å²) in [5.74, 6) is 0. The Kier molecular flexibility index (Phi) is 7.93. The molecule has 10 aromatic carbocycles. The van der Waals surface area contributed by atoms with Crippen molar-refractivity contribution >= 4 is 55.2 Å². The SMILES string of the molecule is C(=Cc1ccc(-c2cccc3ccccc23)c2ccccc12)c1ccc(-c2c3ccccc3c(-c3ccc(-c4ccccc4)cc3)c3ccccc23)cc1. The van der Waals surface area contributed by atoms with Crippen molar-refractivity contribution < 1.29 is 0 Å². The van der Waals surface area contributed by atoms with Crippen LogP contribution in [0.4, 0.5) is 0 Å². The van der Waals surface area contributed by atoms with Crippen molar-refractivity contribution in [2.24, 2.45) is 0 Å². The monoisotopic (exact) mass is 684 g/mol. The molecular formula is C54H36. The normalized spacial score (nSPS) is 11.6. The lowest BCUT2D eigenvalue weighted by Crippen LogP contribution is -1.91. The molecule has 10 rings (SSSR count). The average molecular weight is 685 g/mol. The summed E-state index contributed by atoms with van der Waals surface area (Å²) in [4.78, 5) is 0. The highest BCUT2D eigenvalue weighted by atomic mass is 14.2. The molecule has 0 aliphatic heterocycles. The van der Waals surface area contributed by atoms with Gasteiger partial charge in [-0.15, -0.1) is 0 Å². The standard InChI is InChI=1S/C54H36/c1-2-13-38(14-3-1)39-31-33-43(34-32-39)54-51-22-10-8-20-49(51)53(50-21-9-11-23-52(50)54)42-29-26-37(27-30-42)25-28-41-35-36-48(46-19-7-6-18-45(41)46)47-24-12-16-40-15-4-5-17-44(40)47/h1-36H. The minimum Gasteiger partial charge on any atom is -0.0622 e. The number of fused-ring (bicyclic) bond motifs is 4. The number of rotatable bonds is 6. The zero-order valence-corrected chi connectivity index (χ0v) is 29.8. The number of hydrogen-bond acceptors (Lipinski definition) is 0. The highest BCUT2D eigenvalue weighted by Gasteiger charge is 2.17. The minimum absolute atomic E-state index is 1.17. The number of benzene rings is 10. The van der Waals surface area contributed by atoms with E-state index >= 15 is 0 Å². The second kappa shape index (κ2) is 13.5. The van der Waals surface area contributed by atoms with E-state index in [9.17, 15) is 0 Å². The fraction of sp³-hybridized carbons (Fsp3) is 0. The molecule has 0 bridgehead atoms. The molecular weight excluding hydrogens is 649 g/mol. The van der Waals surface area contributed by atoms with Crippen LogP contribution in [0.1, 0.15) is 11.1 Å². The van der Waals surface area contributed by atoms with Gasteiger partial charge >= 0.3 is 0 Å². The van der Waals surface area contributed by atoms with Gasteiger partial charge in [0.1, 0.15) is 0 Å². The lowest BCUT2D eigenvalue weighted by molar-refractivity contribution is 1.61. The maximum Gasteiger partial charge on any atom is -0.00264 e. The van der Waals surface area contributed by atoms with E-state index in [0.717, 1.165) is 0 Å². The van der Waals surface area contributed by atoms with Gasteiger partial charge in [-0.3, -0.25) is 0 Å². The van der Waals surface area contributed by atoms with Gasteiger partial charge < -0.3 is 0 Å². The first kappa shape index (κ1) is 31.7. The van der Waals surface area contributed by atoms with Gasteiger partial charge in [0.15, 0.2) is 0 Å². The summed E-state index contributed by atoms with van der Waals surface area (Å²) in [7, 11) is 0. The van der Waals surface area contributed by atoms with E-state index < -0.39 is 0 Å². The first-order chi connectivity index (χ1) is 26.8. The molecule has 10 aromatic rings. The largest absolute Gasteiger partial charge is 0.0622 e. The zero-order valence-electron chi connectivity index (χ0n) is 29.8. The topological polar surface area (TPSA) is 0 Å². The molecule has 0 aromatic heterocycles. The quantitative estimate of drug-likeness (QED) is 0.121. The Hall–Kier alpha value is -7.02. The van der Waals surface area contributed by atoms with Crippen LogP contribution >= 0.6 is 0 Å². The fourth-order valence-corrected chi connectivity index (χ4v) is 8.32. The Morgan fingerprint density at radius 3 is 1.31 bits per heavy atom. The molecule has 0 aliphatic rings. The molecule has 0 nitrogen and oxygen atoms in total. The van der Waals surface area contributed by atoms with Crippen LogP contribution < -0.4 is 0 Å². The Labute approximate surface area is 315 Å².